The largest absolute Gasteiger partial charge is 0.464 e. The Bertz CT molecular complexity index is 894. The van der Waals surface area contributed by atoms with E-state index in [4.69, 9.17) is 4.74 Å². The average Bonchev–Trinajstić information content (AvgIpc) is 2.90. The van der Waals surface area contributed by atoms with Gasteiger partial charge in [-0.15, -0.1) is 0 Å². The predicted octanol–water partition coefficient (Wildman–Crippen LogP) is 3.63. The number of carbonyl (C=O) groups excluding carboxylic acids is 2. The monoisotopic (exact) mass is 372 g/mol. The van der Waals surface area contributed by atoms with Crippen molar-refractivity contribution in [1.82, 2.24) is 0 Å². The number of hydrogen-bond acceptors (Lipinski definition) is 4. The van der Waals surface area contributed by atoms with Crippen LogP contribution in [0.2, 0.25) is 0 Å². The van der Waals surface area contributed by atoms with Crippen molar-refractivity contribution in [3.63, 3.8) is 0 Å². The van der Waals surface area contributed by atoms with Gasteiger partial charge in [0.2, 0.25) is 0 Å². The molecule has 1 aliphatic heterocycles. The van der Waals surface area contributed by atoms with Gasteiger partial charge in [0.15, 0.2) is 5.54 Å². The summed E-state index contributed by atoms with van der Waals surface area (Å²) in [5.74, 6) is -1.96. The Kier molecular flexibility index (Phi) is 4.94. The zero-order chi connectivity index (χ0) is 19.6. The highest BCUT2D eigenvalue weighted by atomic mass is 19.1. The number of nitrogens with zero attached hydrogens (tertiary/aromatic N) is 1. The first-order valence-electron chi connectivity index (χ1n) is 8.38. The van der Waals surface area contributed by atoms with Gasteiger partial charge in [-0.3, -0.25) is 9.69 Å². The standard InChI is InChI=1S/C20H18F2N2O3/c1-3-27-19(26)20(2)12-17(23-15-8-4-13(21)5-9-15)18(25)24(20)16-10-6-14(22)7-11-16/h4-12,23H,3H2,1-2H3/t20-/m0/s1. The van der Waals surface area contributed by atoms with Crippen LogP contribution in [-0.2, 0) is 14.3 Å². The summed E-state index contributed by atoms with van der Waals surface area (Å²) in [6.07, 6.45) is 1.46. The maximum Gasteiger partial charge on any atom is 0.336 e. The summed E-state index contributed by atoms with van der Waals surface area (Å²) in [6.45, 7) is 3.36. The van der Waals surface area contributed by atoms with E-state index in [2.05, 4.69) is 5.32 Å². The van der Waals surface area contributed by atoms with Crippen molar-refractivity contribution in [2.45, 2.75) is 19.4 Å². The van der Waals surface area contributed by atoms with Gasteiger partial charge < -0.3 is 10.1 Å². The molecular weight excluding hydrogens is 354 g/mol. The van der Waals surface area contributed by atoms with E-state index in [9.17, 15) is 18.4 Å². The van der Waals surface area contributed by atoms with Crippen molar-refractivity contribution in [1.29, 1.82) is 0 Å². The summed E-state index contributed by atoms with van der Waals surface area (Å²) < 4.78 is 31.5. The van der Waals surface area contributed by atoms with Crippen LogP contribution in [-0.4, -0.2) is 24.0 Å². The minimum absolute atomic E-state index is 0.140. The average molecular weight is 372 g/mol. The quantitative estimate of drug-likeness (QED) is 0.815. The number of amides is 1. The summed E-state index contributed by atoms with van der Waals surface area (Å²) in [4.78, 5) is 26.8. The Hall–Kier alpha value is -3.22. The zero-order valence-electron chi connectivity index (χ0n) is 14.8. The molecule has 5 nitrogen and oxygen atoms in total. The fourth-order valence-corrected chi connectivity index (χ4v) is 2.92. The third kappa shape index (κ3) is 3.53. The first-order chi connectivity index (χ1) is 12.8. The van der Waals surface area contributed by atoms with E-state index in [1.807, 2.05) is 0 Å². The molecule has 140 valence electrons. The van der Waals surface area contributed by atoms with E-state index in [1.54, 1.807) is 13.8 Å². The number of halogens is 2. The Balaban J connectivity index is 1.99. The van der Waals surface area contributed by atoms with Crippen LogP contribution in [0.25, 0.3) is 0 Å². The first-order valence-corrected chi connectivity index (χ1v) is 8.38. The van der Waals surface area contributed by atoms with Crippen molar-refractivity contribution in [3.05, 3.63) is 71.9 Å². The minimum atomic E-state index is -1.41. The molecule has 0 fully saturated rings. The lowest BCUT2D eigenvalue weighted by molar-refractivity contribution is -0.147. The molecule has 2 aromatic rings. The van der Waals surface area contributed by atoms with Crippen LogP contribution < -0.4 is 10.2 Å². The van der Waals surface area contributed by atoms with Gasteiger partial charge in [0.25, 0.3) is 5.91 Å². The second kappa shape index (κ2) is 7.19. The number of anilines is 2. The van der Waals surface area contributed by atoms with Crippen LogP contribution >= 0.6 is 0 Å². The molecule has 0 aromatic heterocycles. The highest BCUT2D eigenvalue weighted by Gasteiger charge is 2.49. The number of hydrogen-bond donors (Lipinski definition) is 1. The van der Waals surface area contributed by atoms with Crippen molar-refractivity contribution in [3.8, 4) is 0 Å². The lowest BCUT2D eigenvalue weighted by Crippen LogP contribution is -2.51. The van der Waals surface area contributed by atoms with Crippen LogP contribution in [0.5, 0.6) is 0 Å². The molecule has 3 rings (SSSR count). The van der Waals surface area contributed by atoms with Gasteiger partial charge in [0.1, 0.15) is 17.3 Å². The molecular formula is C20H18F2N2O3. The summed E-state index contributed by atoms with van der Waals surface area (Å²) >= 11 is 0. The molecule has 0 radical (unpaired) electrons. The first kappa shape index (κ1) is 18.6. The molecule has 1 aliphatic rings. The predicted molar refractivity (Wildman–Crippen MR) is 97.0 cm³/mol. The summed E-state index contributed by atoms with van der Waals surface area (Å²) in [5.41, 5.74) is -0.429. The summed E-state index contributed by atoms with van der Waals surface area (Å²) in [6, 6.07) is 10.7. The Labute approximate surface area is 155 Å². The molecule has 1 heterocycles. The van der Waals surface area contributed by atoms with E-state index in [-0.39, 0.29) is 12.3 Å². The van der Waals surface area contributed by atoms with Crippen molar-refractivity contribution in [2.75, 3.05) is 16.8 Å². The number of esters is 1. The Morgan fingerprint density at radius 2 is 1.63 bits per heavy atom. The normalized spacial score (nSPS) is 19.0. The van der Waals surface area contributed by atoms with E-state index in [1.165, 1.54) is 59.5 Å². The molecule has 7 heteroatoms. The molecule has 2 aromatic carbocycles. The summed E-state index contributed by atoms with van der Waals surface area (Å²) in [5, 5.41) is 2.90. The molecule has 1 N–H and O–H groups in total. The van der Waals surface area contributed by atoms with Crippen molar-refractivity contribution < 1.29 is 23.1 Å². The number of nitrogens with one attached hydrogen (secondary N) is 1. The lowest BCUT2D eigenvalue weighted by atomic mass is 10.0. The molecule has 0 saturated heterocycles. The molecule has 1 amide bonds. The number of rotatable bonds is 5. The van der Waals surface area contributed by atoms with Gasteiger partial charge in [0, 0.05) is 11.4 Å². The van der Waals surface area contributed by atoms with Gasteiger partial charge in [0.05, 0.1) is 6.61 Å². The highest BCUT2D eigenvalue weighted by Crippen LogP contribution is 2.35. The van der Waals surface area contributed by atoms with Gasteiger partial charge in [-0.25, -0.2) is 13.6 Å². The highest BCUT2D eigenvalue weighted by molar-refractivity contribution is 6.16. The van der Waals surface area contributed by atoms with E-state index in [0.29, 0.717) is 11.4 Å². The number of ether oxygens (including phenoxy) is 1. The van der Waals surface area contributed by atoms with Gasteiger partial charge in [-0.2, -0.15) is 0 Å². The molecule has 0 unspecified atom stereocenters. The van der Waals surface area contributed by atoms with Gasteiger partial charge >= 0.3 is 5.97 Å². The van der Waals surface area contributed by atoms with Crippen LogP contribution in [0.3, 0.4) is 0 Å². The Morgan fingerprint density at radius 1 is 1.07 bits per heavy atom. The number of carbonyl (C=O) groups is 2. The smallest absolute Gasteiger partial charge is 0.336 e. The Morgan fingerprint density at radius 3 is 2.19 bits per heavy atom. The van der Waals surface area contributed by atoms with Crippen molar-refractivity contribution in [2.24, 2.45) is 0 Å². The molecule has 27 heavy (non-hydrogen) atoms. The summed E-state index contributed by atoms with van der Waals surface area (Å²) in [7, 11) is 0. The fourth-order valence-electron chi connectivity index (χ4n) is 2.92. The molecule has 1 atom stereocenters. The number of benzene rings is 2. The molecule has 0 saturated carbocycles. The molecule has 0 spiro atoms. The molecule has 0 aliphatic carbocycles. The van der Waals surface area contributed by atoms with Gasteiger partial charge in [-0.05, 0) is 68.5 Å². The van der Waals surface area contributed by atoms with Crippen LogP contribution in [0, 0.1) is 11.6 Å². The topological polar surface area (TPSA) is 58.6 Å². The SMILES string of the molecule is CCOC(=O)[C@]1(C)C=C(Nc2ccc(F)cc2)C(=O)N1c1ccc(F)cc1. The van der Waals surface area contributed by atoms with E-state index < -0.39 is 29.0 Å². The van der Waals surface area contributed by atoms with E-state index in [0.717, 1.165) is 0 Å². The van der Waals surface area contributed by atoms with Crippen LogP contribution in [0.1, 0.15) is 13.8 Å². The van der Waals surface area contributed by atoms with E-state index >= 15 is 0 Å². The second-order valence-electron chi connectivity index (χ2n) is 6.17. The van der Waals surface area contributed by atoms with Crippen LogP contribution in [0.15, 0.2) is 60.3 Å². The maximum absolute atomic E-state index is 13.3. The third-order valence-corrected chi connectivity index (χ3v) is 4.22. The third-order valence-electron chi connectivity index (χ3n) is 4.22. The second-order valence-corrected chi connectivity index (χ2v) is 6.17. The van der Waals surface area contributed by atoms with Crippen LogP contribution in [0.4, 0.5) is 20.2 Å². The molecule has 0 bridgehead atoms. The van der Waals surface area contributed by atoms with Crippen molar-refractivity contribution >= 4 is 23.3 Å². The minimum Gasteiger partial charge on any atom is -0.464 e. The van der Waals surface area contributed by atoms with Gasteiger partial charge in [-0.1, -0.05) is 0 Å². The maximum atomic E-state index is 13.3. The lowest BCUT2D eigenvalue weighted by Gasteiger charge is -2.32. The fraction of sp³-hybridized carbons (Fsp3) is 0.200. The zero-order valence-corrected chi connectivity index (χ0v) is 14.8.